The Bertz CT molecular complexity index is 781. The topological polar surface area (TPSA) is 88.2 Å². The summed E-state index contributed by atoms with van der Waals surface area (Å²) >= 11 is 0. The van der Waals surface area contributed by atoms with Crippen LogP contribution >= 0.6 is 0 Å². The van der Waals surface area contributed by atoms with Gasteiger partial charge in [0, 0.05) is 32.5 Å². The first-order chi connectivity index (χ1) is 14.4. The van der Waals surface area contributed by atoms with E-state index in [1.165, 1.54) is 15.4 Å². The molecule has 1 saturated carbocycles. The number of rotatable bonds is 7. The number of benzene rings is 1. The molecule has 1 heterocycles. The first kappa shape index (κ1) is 22.2. The van der Waals surface area contributed by atoms with Gasteiger partial charge >= 0.3 is 6.03 Å². The molecule has 2 fully saturated rings. The van der Waals surface area contributed by atoms with E-state index in [0.29, 0.717) is 18.5 Å². The lowest BCUT2D eigenvalue weighted by Crippen LogP contribution is -2.66. The van der Waals surface area contributed by atoms with Crippen LogP contribution in [0, 0.1) is 5.92 Å². The standard InChI is InChI=1S/C22H31N3O5/c1-5-14-7-9-15(10-8-14)23-20(26)13-25-17-12-19(30-4)18(29-3)11-16(17)21(27)24(6-2)22(25)28/h7-10,16-19H,5-6,11-13H2,1-4H3,(H,23,26). The Kier molecular flexibility index (Phi) is 7.10. The van der Waals surface area contributed by atoms with Gasteiger partial charge in [0.25, 0.3) is 0 Å². The summed E-state index contributed by atoms with van der Waals surface area (Å²) in [5, 5.41) is 2.85. The normalized spacial score (nSPS) is 26.5. The van der Waals surface area contributed by atoms with Gasteiger partial charge < -0.3 is 19.7 Å². The molecular formula is C22H31N3O5. The van der Waals surface area contributed by atoms with Crippen LogP contribution < -0.4 is 5.32 Å². The van der Waals surface area contributed by atoms with Gasteiger partial charge in [-0.25, -0.2) is 4.79 Å². The fourth-order valence-electron chi connectivity index (χ4n) is 4.47. The highest BCUT2D eigenvalue weighted by Crippen LogP contribution is 2.36. The van der Waals surface area contributed by atoms with Crippen LogP contribution in [-0.4, -0.2) is 73.2 Å². The van der Waals surface area contributed by atoms with Gasteiger partial charge in [0.05, 0.1) is 18.1 Å². The van der Waals surface area contributed by atoms with Crippen molar-refractivity contribution in [2.75, 3.05) is 32.6 Å². The van der Waals surface area contributed by atoms with Crippen molar-refractivity contribution < 1.29 is 23.9 Å². The minimum absolute atomic E-state index is 0.118. The van der Waals surface area contributed by atoms with Gasteiger partial charge in [0.1, 0.15) is 6.54 Å². The molecule has 4 atom stereocenters. The Morgan fingerprint density at radius 2 is 1.70 bits per heavy atom. The van der Waals surface area contributed by atoms with Crippen molar-refractivity contribution in [1.29, 1.82) is 0 Å². The van der Waals surface area contributed by atoms with Gasteiger partial charge in [-0.15, -0.1) is 0 Å². The number of amides is 4. The molecule has 1 aromatic rings. The van der Waals surface area contributed by atoms with Crippen LogP contribution in [0.3, 0.4) is 0 Å². The molecule has 1 N–H and O–H groups in total. The van der Waals surface area contributed by atoms with Crippen molar-refractivity contribution in [3.05, 3.63) is 29.8 Å². The molecular weight excluding hydrogens is 386 g/mol. The predicted molar refractivity (Wildman–Crippen MR) is 112 cm³/mol. The molecule has 1 saturated heterocycles. The van der Waals surface area contributed by atoms with E-state index < -0.39 is 18.0 Å². The van der Waals surface area contributed by atoms with Crippen LogP contribution in [0.15, 0.2) is 24.3 Å². The number of carbonyl (C=O) groups excluding carboxylic acids is 3. The number of hydrogen-bond acceptors (Lipinski definition) is 5. The molecule has 0 aromatic heterocycles. The Morgan fingerprint density at radius 3 is 2.27 bits per heavy atom. The minimum atomic E-state index is -0.425. The summed E-state index contributed by atoms with van der Waals surface area (Å²) in [6.07, 6.45) is 1.37. The maximum atomic E-state index is 13.0. The van der Waals surface area contributed by atoms with E-state index in [2.05, 4.69) is 12.2 Å². The average Bonchev–Trinajstić information content (AvgIpc) is 2.76. The van der Waals surface area contributed by atoms with Crippen LogP contribution in [0.4, 0.5) is 10.5 Å². The summed E-state index contributed by atoms with van der Waals surface area (Å²) in [5.41, 5.74) is 1.86. The zero-order chi connectivity index (χ0) is 21.8. The second-order valence-corrected chi connectivity index (χ2v) is 7.79. The maximum Gasteiger partial charge on any atom is 0.327 e. The largest absolute Gasteiger partial charge is 0.379 e. The van der Waals surface area contributed by atoms with E-state index in [1.807, 2.05) is 24.3 Å². The third-order valence-electron chi connectivity index (χ3n) is 6.18. The first-order valence-corrected chi connectivity index (χ1v) is 10.5. The van der Waals surface area contributed by atoms with Crippen molar-refractivity contribution >= 4 is 23.5 Å². The minimum Gasteiger partial charge on any atom is -0.379 e. The molecule has 3 rings (SSSR count). The van der Waals surface area contributed by atoms with Gasteiger partial charge in [-0.1, -0.05) is 19.1 Å². The molecule has 8 nitrogen and oxygen atoms in total. The first-order valence-electron chi connectivity index (χ1n) is 10.5. The SMILES string of the molecule is CCc1ccc(NC(=O)CN2C(=O)N(CC)C(=O)C3CC(OC)C(OC)CC32)cc1. The second-order valence-electron chi connectivity index (χ2n) is 7.79. The van der Waals surface area contributed by atoms with Gasteiger partial charge in [-0.2, -0.15) is 0 Å². The molecule has 164 valence electrons. The lowest BCUT2D eigenvalue weighted by Gasteiger charge is -2.49. The van der Waals surface area contributed by atoms with E-state index in [9.17, 15) is 14.4 Å². The molecule has 1 aliphatic heterocycles. The summed E-state index contributed by atoms with van der Waals surface area (Å²) in [7, 11) is 3.20. The van der Waals surface area contributed by atoms with Gasteiger partial charge in [0.2, 0.25) is 11.8 Å². The Hall–Kier alpha value is -2.45. The van der Waals surface area contributed by atoms with Crippen LogP contribution in [0.1, 0.15) is 32.3 Å². The molecule has 2 aliphatic rings. The van der Waals surface area contributed by atoms with Gasteiger partial charge in [-0.3, -0.25) is 14.5 Å². The zero-order valence-electron chi connectivity index (χ0n) is 18.1. The molecule has 1 aliphatic carbocycles. The van der Waals surface area contributed by atoms with Crippen molar-refractivity contribution in [1.82, 2.24) is 9.80 Å². The molecule has 4 unspecified atom stereocenters. The highest BCUT2D eigenvalue weighted by Gasteiger charge is 2.51. The van der Waals surface area contributed by atoms with E-state index in [1.54, 1.807) is 21.1 Å². The van der Waals surface area contributed by atoms with Gasteiger partial charge in [-0.05, 0) is 43.9 Å². The summed E-state index contributed by atoms with van der Waals surface area (Å²) in [5.74, 6) is -0.897. The lowest BCUT2D eigenvalue weighted by molar-refractivity contribution is -0.152. The Morgan fingerprint density at radius 1 is 1.07 bits per heavy atom. The van der Waals surface area contributed by atoms with E-state index in [4.69, 9.17) is 9.47 Å². The number of urea groups is 1. The molecule has 30 heavy (non-hydrogen) atoms. The quantitative estimate of drug-likeness (QED) is 0.735. The zero-order valence-corrected chi connectivity index (χ0v) is 18.1. The predicted octanol–water partition coefficient (Wildman–Crippen LogP) is 2.28. The number of ether oxygens (including phenoxy) is 2. The molecule has 0 radical (unpaired) electrons. The number of imide groups is 1. The fraction of sp³-hybridized carbons (Fsp3) is 0.591. The number of fused-ring (bicyclic) bond motifs is 1. The smallest absolute Gasteiger partial charge is 0.327 e. The number of anilines is 1. The van der Waals surface area contributed by atoms with Gasteiger partial charge in [0.15, 0.2) is 0 Å². The maximum absolute atomic E-state index is 13.0. The molecule has 0 spiro atoms. The summed E-state index contributed by atoms with van der Waals surface area (Å²) in [4.78, 5) is 41.4. The third-order valence-corrected chi connectivity index (χ3v) is 6.18. The number of nitrogens with one attached hydrogen (secondary N) is 1. The summed E-state index contributed by atoms with van der Waals surface area (Å²) < 4.78 is 11.1. The van der Waals surface area contributed by atoms with Crippen molar-refractivity contribution in [2.45, 2.75) is 51.4 Å². The number of carbonyl (C=O) groups is 3. The molecule has 1 aromatic carbocycles. The van der Waals surface area contributed by atoms with Crippen molar-refractivity contribution in [2.24, 2.45) is 5.92 Å². The highest BCUT2D eigenvalue weighted by atomic mass is 16.5. The summed E-state index contributed by atoms with van der Waals surface area (Å²) in [6.45, 7) is 3.98. The number of methoxy groups -OCH3 is 2. The number of aryl methyl sites for hydroxylation is 1. The average molecular weight is 418 g/mol. The van der Waals surface area contributed by atoms with E-state index in [0.717, 1.165) is 6.42 Å². The lowest BCUT2D eigenvalue weighted by atomic mass is 9.78. The highest BCUT2D eigenvalue weighted by molar-refractivity contribution is 6.01. The molecule has 8 heteroatoms. The fourth-order valence-corrected chi connectivity index (χ4v) is 4.47. The third kappa shape index (κ3) is 4.34. The summed E-state index contributed by atoms with van der Waals surface area (Å²) in [6, 6.07) is 6.81. The molecule has 4 amide bonds. The Labute approximate surface area is 177 Å². The van der Waals surface area contributed by atoms with E-state index in [-0.39, 0.29) is 37.1 Å². The van der Waals surface area contributed by atoms with Crippen LogP contribution in [0.25, 0.3) is 0 Å². The number of hydrogen-bond donors (Lipinski definition) is 1. The monoisotopic (exact) mass is 417 g/mol. The Balaban J connectivity index is 1.78. The van der Waals surface area contributed by atoms with Crippen molar-refractivity contribution in [3.63, 3.8) is 0 Å². The number of nitrogens with zero attached hydrogens (tertiary/aromatic N) is 2. The van der Waals surface area contributed by atoms with Crippen LogP contribution in [0.5, 0.6) is 0 Å². The van der Waals surface area contributed by atoms with Crippen LogP contribution in [-0.2, 0) is 25.5 Å². The molecule has 0 bridgehead atoms. The second kappa shape index (κ2) is 9.57. The van der Waals surface area contributed by atoms with E-state index >= 15 is 0 Å². The van der Waals surface area contributed by atoms with Crippen LogP contribution in [0.2, 0.25) is 0 Å². The van der Waals surface area contributed by atoms with Crippen molar-refractivity contribution in [3.8, 4) is 0 Å².